The van der Waals surface area contributed by atoms with Crippen LogP contribution < -0.4 is 5.32 Å². The van der Waals surface area contributed by atoms with Crippen molar-refractivity contribution in [3.8, 4) is 11.5 Å². The third kappa shape index (κ3) is 3.90. The SMILES string of the molecule is Cc1nccn1CC(=O)Nc1nc(-c2ccco2)c(C(=O)C2CCOCC2)s1. The summed E-state index contributed by atoms with van der Waals surface area (Å²) in [5.74, 6) is 0.961. The van der Waals surface area contributed by atoms with E-state index in [9.17, 15) is 9.59 Å². The van der Waals surface area contributed by atoms with Crippen LogP contribution in [0.3, 0.4) is 0 Å². The number of hydrogen-bond donors (Lipinski definition) is 1. The highest BCUT2D eigenvalue weighted by Crippen LogP contribution is 2.35. The summed E-state index contributed by atoms with van der Waals surface area (Å²) in [5, 5.41) is 3.17. The van der Waals surface area contributed by atoms with Crippen molar-refractivity contribution in [1.82, 2.24) is 14.5 Å². The molecule has 0 unspecified atom stereocenters. The van der Waals surface area contributed by atoms with Crippen molar-refractivity contribution in [2.75, 3.05) is 18.5 Å². The number of carbonyl (C=O) groups excluding carboxylic acids is 2. The predicted molar refractivity (Wildman–Crippen MR) is 103 cm³/mol. The molecule has 0 aromatic carbocycles. The number of ketones is 1. The van der Waals surface area contributed by atoms with E-state index >= 15 is 0 Å². The summed E-state index contributed by atoms with van der Waals surface area (Å²) >= 11 is 1.19. The molecule has 3 aromatic rings. The fourth-order valence-corrected chi connectivity index (χ4v) is 4.16. The molecule has 3 aromatic heterocycles. The Bertz CT molecular complexity index is 970. The van der Waals surface area contributed by atoms with Crippen LogP contribution in [-0.4, -0.2) is 39.4 Å². The average molecular weight is 400 g/mol. The third-order valence-electron chi connectivity index (χ3n) is 4.68. The number of Topliss-reactive ketones (excluding diaryl/α,β-unsaturated/α-hetero) is 1. The number of furan rings is 1. The number of aryl methyl sites for hydroxylation is 1. The molecular weight excluding hydrogens is 380 g/mol. The number of rotatable bonds is 6. The zero-order chi connectivity index (χ0) is 19.5. The van der Waals surface area contributed by atoms with E-state index in [0.717, 1.165) is 5.82 Å². The largest absolute Gasteiger partial charge is 0.463 e. The molecule has 0 spiro atoms. The molecule has 1 fully saturated rings. The molecule has 1 saturated heterocycles. The molecule has 0 aliphatic carbocycles. The zero-order valence-corrected chi connectivity index (χ0v) is 16.2. The van der Waals surface area contributed by atoms with Gasteiger partial charge >= 0.3 is 0 Å². The van der Waals surface area contributed by atoms with Crippen LogP contribution in [-0.2, 0) is 16.1 Å². The Morgan fingerprint density at radius 2 is 2.18 bits per heavy atom. The number of carbonyl (C=O) groups is 2. The number of nitrogens with zero attached hydrogens (tertiary/aromatic N) is 3. The van der Waals surface area contributed by atoms with Crippen LogP contribution in [0.5, 0.6) is 0 Å². The second-order valence-corrected chi connectivity index (χ2v) is 7.57. The number of imidazole rings is 1. The lowest BCUT2D eigenvalue weighted by Crippen LogP contribution is -2.23. The summed E-state index contributed by atoms with van der Waals surface area (Å²) in [6.07, 6.45) is 6.31. The molecule has 146 valence electrons. The summed E-state index contributed by atoms with van der Waals surface area (Å²) in [4.78, 5) is 34.5. The molecule has 0 bridgehead atoms. The molecule has 1 N–H and O–H groups in total. The number of nitrogens with one attached hydrogen (secondary N) is 1. The Kier molecular flexibility index (Phi) is 5.36. The molecule has 0 saturated carbocycles. The molecule has 1 aliphatic rings. The third-order valence-corrected chi connectivity index (χ3v) is 5.67. The van der Waals surface area contributed by atoms with Gasteiger partial charge in [0.15, 0.2) is 16.7 Å². The first kappa shape index (κ1) is 18.6. The monoisotopic (exact) mass is 400 g/mol. The van der Waals surface area contributed by atoms with Gasteiger partial charge < -0.3 is 19.0 Å². The highest BCUT2D eigenvalue weighted by atomic mass is 32.1. The molecule has 0 atom stereocenters. The van der Waals surface area contributed by atoms with Gasteiger partial charge in [0.05, 0.1) is 6.26 Å². The van der Waals surface area contributed by atoms with Crippen LogP contribution in [0.4, 0.5) is 5.13 Å². The summed E-state index contributed by atoms with van der Waals surface area (Å²) in [6.45, 7) is 3.12. The lowest BCUT2D eigenvalue weighted by atomic mass is 9.94. The van der Waals surface area contributed by atoms with Crippen molar-refractivity contribution in [2.24, 2.45) is 5.92 Å². The van der Waals surface area contributed by atoms with Gasteiger partial charge in [-0.05, 0) is 31.9 Å². The van der Waals surface area contributed by atoms with E-state index < -0.39 is 0 Å². The van der Waals surface area contributed by atoms with Gasteiger partial charge in [0, 0.05) is 31.5 Å². The summed E-state index contributed by atoms with van der Waals surface area (Å²) in [7, 11) is 0. The van der Waals surface area contributed by atoms with E-state index in [1.165, 1.54) is 17.6 Å². The smallest absolute Gasteiger partial charge is 0.246 e. The van der Waals surface area contributed by atoms with Crippen LogP contribution >= 0.6 is 11.3 Å². The lowest BCUT2D eigenvalue weighted by Gasteiger charge is -2.20. The van der Waals surface area contributed by atoms with Crippen molar-refractivity contribution in [3.05, 3.63) is 41.5 Å². The van der Waals surface area contributed by atoms with Crippen molar-refractivity contribution in [1.29, 1.82) is 0 Å². The highest BCUT2D eigenvalue weighted by Gasteiger charge is 2.29. The molecule has 0 radical (unpaired) electrons. The van der Waals surface area contributed by atoms with Gasteiger partial charge in [0.1, 0.15) is 22.9 Å². The molecule has 9 heteroatoms. The standard InChI is InChI=1S/C19H20N4O4S/c1-12-20-6-7-23(12)11-15(24)21-19-22-16(14-3-2-8-27-14)18(28-19)17(25)13-4-9-26-10-5-13/h2-3,6-8,13H,4-5,9-11H2,1H3,(H,21,22,24). The van der Waals surface area contributed by atoms with E-state index in [1.807, 2.05) is 6.92 Å². The number of hydrogen-bond acceptors (Lipinski definition) is 7. The molecular formula is C19H20N4O4S. The quantitative estimate of drug-likeness (QED) is 0.638. The Hall–Kier alpha value is -2.78. The summed E-state index contributed by atoms with van der Waals surface area (Å²) in [6, 6.07) is 3.51. The van der Waals surface area contributed by atoms with Gasteiger partial charge in [-0.1, -0.05) is 11.3 Å². The average Bonchev–Trinajstić information content (AvgIpc) is 3.44. The van der Waals surface area contributed by atoms with Gasteiger partial charge in [-0.15, -0.1) is 0 Å². The molecule has 28 heavy (non-hydrogen) atoms. The first-order valence-corrected chi connectivity index (χ1v) is 9.87. The van der Waals surface area contributed by atoms with E-state index in [0.29, 0.717) is 47.5 Å². The molecule has 1 aliphatic heterocycles. The fraction of sp³-hybridized carbons (Fsp3) is 0.368. The molecule has 4 heterocycles. The highest BCUT2D eigenvalue weighted by molar-refractivity contribution is 7.18. The number of anilines is 1. The Labute approximate surface area is 165 Å². The fourth-order valence-electron chi connectivity index (χ4n) is 3.15. The number of thiazole rings is 1. The Balaban J connectivity index is 1.57. The maximum absolute atomic E-state index is 13.1. The van der Waals surface area contributed by atoms with E-state index in [-0.39, 0.29) is 24.2 Å². The zero-order valence-electron chi connectivity index (χ0n) is 15.4. The van der Waals surface area contributed by atoms with Crippen molar-refractivity contribution < 1.29 is 18.7 Å². The minimum Gasteiger partial charge on any atom is -0.463 e. The van der Waals surface area contributed by atoms with Crippen LogP contribution in [0.1, 0.15) is 28.3 Å². The number of ether oxygens (including phenoxy) is 1. The first-order chi connectivity index (χ1) is 13.6. The number of aromatic nitrogens is 3. The summed E-state index contributed by atoms with van der Waals surface area (Å²) in [5.41, 5.74) is 0.473. The van der Waals surface area contributed by atoms with Gasteiger partial charge in [-0.2, -0.15) is 0 Å². The second-order valence-electron chi connectivity index (χ2n) is 6.58. The normalized spacial score (nSPS) is 14.9. The van der Waals surface area contributed by atoms with E-state index in [2.05, 4.69) is 15.3 Å². The molecule has 8 nitrogen and oxygen atoms in total. The minimum absolute atomic E-state index is 0.0261. The van der Waals surface area contributed by atoms with Crippen LogP contribution in [0, 0.1) is 12.8 Å². The van der Waals surface area contributed by atoms with Crippen LogP contribution in [0.15, 0.2) is 35.2 Å². The Morgan fingerprint density at radius 3 is 2.86 bits per heavy atom. The minimum atomic E-state index is -0.231. The second kappa shape index (κ2) is 8.07. The Morgan fingerprint density at radius 1 is 1.36 bits per heavy atom. The first-order valence-electron chi connectivity index (χ1n) is 9.06. The van der Waals surface area contributed by atoms with E-state index in [1.54, 1.807) is 29.1 Å². The molecule has 1 amide bonds. The van der Waals surface area contributed by atoms with Crippen LogP contribution in [0.25, 0.3) is 11.5 Å². The predicted octanol–water partition coefficient (Wildman–Crippen LogP) is 3.16. The maximum atomic E-state index is 13.1. The van der Waals surface area contributed by atoms with Gasteiger partial charge in [-0.3, -0.25) is 9.59 Å². The van der Waals surface area contributed by atoms with Gasteiger partial charge in [0.25, 0.3) is 0 Å². The van der Waals surface area contributed by atoms with Crippen LogP contribution in [0.2, 0.25) is 0 Å². The van der Waals surface area contributed by atoms with Crippen molar-refractivity contribution in [3.63, 3.8) is 0 Å². The van der Waals surface area contributed by atoms with Crippen molar-refractivity contribution >= 4 is 28.2 Å². The maximum Gasteiger partial charge on any atom is 0.246 e. The lowest BCUT2D eigenvalue weighted by molar-refractivity contribution is -0.116. The molecule has 4 rings (SSSR count). The van der Waals surface area contributed by atoms with E-state index in [4.69, 9.17) is 9.15 Å². The van der Waals surface area contributed by atoms with Gasteiger partial charge in [0.2, 0.25) is 5.91 Å². The topological polar surface area (TPSA) is 99.3 Å². The summed E-state index contributed by atoms with van der Waals surface area (Å²) < 4.78 is 12.6. The number of amides is 1. The van der Waals surface area contributed by atoms with Gasteiger partial charge in [-0.25, -0.2) is 9.97 Å². The van der Waals surface area contributed by atoms with Crippen molar-refractivity contribution in [2.45, 2.75) is 26.3 Å².